The SMILES string of the molecule is C=CCCCCCCCCCCCCCCCCCCCCOCCOCCOCCOC(C)=O. The number of rotatable bonds is 30. The number of unbranched alkanes of at least 4 members (excludes halogenated alkanes) is 18. The van der Waals surface area contributed by atoms with Gasteiger partial charge in [-0.05, 0) is 19.3 Å². The van der Waals surface area contributed by atoms with Gasteiger partial charge in [0.2, 0.25) is 0 Å². The van der Waals surface area contributed by atoms with Gasteiger partial charge in [0.05, 0.1) is 33.0 Å². The molecule has 0 radical (unpaired) electrons. The van der Waals surface area contributed by atoms with Gasteiger partial charge in [0.25, 0.3) is 0 Å². The van der Waals surface area contributed by atoms with E-state index in [4.69, 9.17) is 18.9 Å². The predicted octanol–water partition coefficient (Wildman–Crippen LogP) is 8.20. The lowest BCUT2D eigenvalue weighted by atomic mass is 10.0. The molecule has 35 heavy (non-hydrogen) atoms. The molecule has 0 heterocycles. The van der Waals surface area contributed by atoms with Crippen LogP contribution in [0.2, 0.25) is 0 Å². The molecule has 0 fully saturated rings. The monoisotopic (exact) mass is 498 g/mol. The summed E-state index contributed by atoms with van der Waals surface area (Å²) in [4.78, 5) is 10.6. The summed E-state index contributed by atoms with van der Waals surface area (Å²) in [6, 6.07) is 0. The van der Waals surface area contributed by atoms with Crippen molar-refractivity contribution in [3.05, 3.63) is 12.7 Å². The maximum Gasteiger partial charge on any atom is 0.302 e. The van der Waals surface area contributed by atoms with Crippen molar-refractivity contribution < 1.29 is 23.7 Å². The molecule has 208 valence electrons. The number of carbonyl (C=O) groups is 1. The molecule has 0 spiro atoms. The van der Waals surface area contributed by atoms with Crippen molar-refractivity contribution in [1.82, 2.24) is 0 Å². The van der Waals surface area contributed by atoms with E-state index in [0.29, 0.717) is 39.6 Å². The van der Waals surface area contributed by atoms with Crippen LogP contribution in [0.3, 0.4) is 0 Å². The molecule has 0 saturated heterocycles. The Bertz CT molecular complexity index is 427. The summed E-state index contributed by atoms with van der Waals surface area (Å²) in [6.07, 6.45) is 28.2. The van der Waals surface area contributed by atoms with Crippen LogP contribution < -0.4 is 0 Å². The Morgan fingerprint density at radius 2 is 0.800 bits per heavy atom. The summed E-state index contributed by atoms with van der Waals surface area (Å²) in [5.41, 5.74) is 0. The van der Waals surface area contributed by atoms with Gasteiger partial charge in [0, 0.05) is 13.5 Å². The third-order valence-corrected chi connectivity index (χ3v) is 6.22. The van der Waals surface area contributed by atoms with Gasteiger partial charge in [0.15, 0.2) is 0 Å². The van der Waals surface area contributed by atoms with Crippen molar-refractivity contribution in [3.63, 3.8) is 0 Å². The van der Waals surface area contributed by atoms with E-state index in [2.05, 4.69) is 6.58 Å². The topological polar surface area (TPSA) is 54.0 Å². The smallest absolute Gasteiger partial charge is 0.302 e. The van der Waals surface area contributed by atoms with E-state index in [1.807, 2.05) is 6.08 Å². The molecule has 0 rings (SSSR count). The van der Waals surface area contributed by atoms with Crippen molar-refractivity contribution in [3.8, 4) is 0 Å². The van der Waals surface area contributed by atoms with E-state index in [9.17, 15) is 4.79 Å². The summed E-state index contributed by atoms with van der Waals surface area (Å²) in [7, 11) is 0. The average Bonchev–Trinajstić information content (AvgIpc) is 2.85. The highest BCUT2D eigenvalue weighted by Crippen LogP contribution is 2.14. The maximum absolute atomic E-state index is 10.6. The Morgan fingerprint density at radius 1 is 0.486 bits per heavy atom. The lowest BCUT2D eigenvalue weighted by molar-refractivity contribution is -0.142. The number of hydrogen-bond acceptors (Lipinski definition) is 5. The average molecular weight is 499 g/mol. The van der Waals surface area contributed by atoms with Crippen molar-refractivity contribution >= 4 is 5.97 Å². The number of allylic oxidation sites excluding steroid dienone is 1. The molecule has 0 aromatic rings. The van der Waals surface area contributed by atoms with Crippen LogP contribution in [0.25, 0.3) is 0 Å². The van der Waals surface area contributed by atoms with Crippen LogP contribution in [0.1, 0.15) is 129 Å². The van der Waals surface area contributed by atoms with Gasteiger partial charge in [-0.3, -0.25) is 4.79 Å². The summed E-state index contributed by atoms with van der Waals surface area (Å²) in [5, 5.41) is 0. The Labute approximate surface area is 217 Å². The molecule has 5 nitrogen and oxygen atoms in total. The number of hydrogen-bond donors (Lipinski definition) is 0. The third-order valence-electron chi connectivity index (χ3n) is 6.22. The summed E-state index contributed by atoms with van der Waals surface area (Å²) in [6.45, 7) is 9.02. The summed E-state index contributed by atoms with van der Waals surface area (Å²) >= 11 is 0. The fourth-order valence-corrected chi connectivity index (χ4v) is 4.11. The molecule has 0 saturated carbocycles. The van der Waals surface area contributed by atoms with Gasteiger partial charge in [0.1, 0.15) is 6.61 Å². The molecule has 5 heteroatoms. The Kier molecular flexibility index (Phi) is 30.3. The van der Waals surface area contributed by atoms with E-state index < -0.39 is 0 Å². The largest absolute Gasteiger partial charge is 0.463 e. The third kappa shape index (κ3) is 33.1. The summed E-state index contributed by atoms with van der Waals surface area (Å²) in [5.74, 6) is -0.277. The number of ether oxygens (including phenoxy) is 4. The van der Waals surface area contributed by atoms with Crippen LogP contribution in [-0.2, 0) is 23.7 Å². The van der Waals surface area contributed by atoms with Crippen molar-refractivity contribution in [2.24, 2.45) is 0 Å². The van der Waals surface area contributed by atoms with Crippen LogP contribution in [0.15, 0.2) is 12.7 Å². The van der Waals surface area contributed by atoms with Gasteiger partial charge in [-0.25, -0.2) is 0 Å². The normalized spacial score (nSPS) is 11.1. The second-order valence-electron chi connectivity index (χ2n) is 9.62. The Balaban J connectivity index is 3.02. The minimum absolute atomic E-state index is 0.277. The first-order valence-electron chi connectivity index (χ1n) is 14.7. The van der Waals surface area contributed by atoms with Gasteiger partial charge in [-0.2, -0.15) is 0 Å². The first kappa shape index (κ1) is 34.1. The van der Waals surface area contributed by atoms with Gasteiger partial charge in [-0.1, -0.05) is 109 Å². The number of esters is 1. The first-order valence-corrected chi connectivity index (χ1v) is 14.7. The van der Waals surface area contributed by atoms with E-state index in [-0.39, 0.29) is 5.97 Å². The molecule has 0 aromatic carbocycles. The molecular formula is C30H58O5. The Hall–Kier alpha value is -0.910. The molecule has 0 atom stereocenters. The standard InChI is InChI=1S/C30H58O5/c1-3-4-5-6-7-8-9-10-11-12-13-14-15-16-17-18-19-20-21-22-23-32-24-25-33-26-27-34-28-29-35-30(2)31/h3H,1,4-29H2,2H3. The molecular weight excluding hydrogens is 440 g/mol. The van der Waals surface area contributed by atoms with E-state index in [1.54, 1.807) is 0 Å². The van der Waals surface area contributed by atoms with Crippen LogP contribution in [0.4, 0.5) is 0 Å². The minimum atomic E-state index is -0.277. The van der Waals surface area contributed by atoms with Crippen LogP contribution in [0.5, 0.6) is 0 Å². The van der Waals surface area contributed by atoms with Gasteiger partial charge in [-0.15, -0.1) is 6.58 Å². The molecule has 0 aliphatic heterocycles. The second kappa shape index (κ2) is 31.1. The fourth-order valence-electron chi connectivity index (χ4n) is 4.11. The minimum Gasteiger partial charge on any atom is -0.463 e. The zero-order chi connectivity index (χ0) is 25.5. The molecule has 0 amide bonds. The van der Waals surface area contributed by atoms with Crippen LogP contribution >= 0.6 is 0 Å². The van der Waals surface area contributed by atoms with Crippen LogP contribution in [-0.4, -0.2) is 52.2 Å². The highest BCUT2D eigenvalue weighted by Gasteiger charge is 1.97. The zero-order valence-electron chi connectivity index (χ0n) is 23.2. The van der Waals surface area contributed by atoms with E-state index in [0.717, 1.165) is 13.0 Å². The molecule has 0 aliphatic carbocycles. The predicted molar refractivity (Wildman–Crippen MR) is 147 cm³/mol. The van der Waals surface area contributed by atoms with Crippen molar-refractivity contribution in [2.45, 2.75) is 129 Å². The van der Waals surface area contributed by atoms with Crippen molar-refractivity contribution in [1.29, 1.82) is 0 Å². The second-order valence-corrected chi connectivity index (χ2v) is 9.62. The molecule has 0 N–H and O–H groups in total. The lowest BCUT2D eigenvalue weighted by Crippen LogP contribution is -2.13. The molecule has 0 aromatic heterocycles. The fraction of sp³-hybridized carbons (Fsp3) is 0.900. The molecule has 0 bridgehead atoms. The zero-order valence-corrected chi connectivity index (χ0v) is 23.2. The maximum atomic E-state index is 10.6. The van der Waals surface area contributed by atoms with E-state index >= 15 is 0 Å². The molecule has 0 unspecified atom stereocenters. The van der Waals surface area contributed by atoms with Crippen LogP contribution in [0, 0.1) is 0 Å². The lowest BCUT2D eigenvalue weighted by Gasteiger charge is -2.07. The van der Waals surface area contributed by atoms with Gasteiger partial charge >= 0.3 is 5.97 Å². The quantitative estimate of drug-likeness (QED) is 0.0567. The number of carbonyl (C=O) groups excluding carboxylic acids is 1. The highest BCUT2D eigenvalue weighted by molar-refractivity contribution is 5.65. The Morgan fingerprint density at radius 3 is 1.17 bits per heavy atom. The molecule has 0 aliphatic rings. The van der Waals surface area contributed by atoms with Gasteiger partial charge < -0.3 is 18.9 Å². The first-order chi connectivity index (χ1) is 17.3. The van der Waals surface area contributed by atoms with E-state index in [1.165, 1.54) is 122 Å². The summed E-state index contributed by atoms with van der Waals surface area (Å²) < 4.78 is 21.1. The highest BCUT2D eigenvalue weighted by atomic mass is 16.6. The van der Waals surface area contributed by atoms with Crippen molar-refractivity contribution in [2.75, 3.05) is 46.2 Å².